The smallest absolute Gasteiger partial charge is 0.335 e. The standard InChI is InChI=1S/C13H28N2O3/c1-11(12(16)18-13(2,3)4)17-10-9-15-8-6-5-7-14/h11,15H,5-10,14H2,1-4H3. The molecule has 0 aliphatic carbocycles. The Morgan fingerprint density at radius 2 is 1.94 bits per heavy atom. The normalized spacial score (nSPS) is 13.4. The van der Waals surface area contributed by atoms with Crippen molar-refractivity contribution in [3.8, 4) is 0 Å². The van der Waals surface area contributed by atoms with Crippen molar-refractivity contribution in [1.29, 1.82) is 0 Å². The lowest BCUT2D eigenvalue weighted by Gasteiger charge is -2.22. The van der Waals surface area contributed by atoms with E-state index in [1.807, 2.05) is 20.8 Å². The van der Waals surface area contributed by atoms with Crippen molar-refractivity contribution in [1.82, 2.24) is 5.32 Å². The number of nitrogens with one attached hydrogen (secondary N) is 1. The van der Waals surface area contributed by atoms with E-state index in [1.165, 1.54) is 0 Å². The Labute approximate surface area is 110 Å². The number of carbonyl (C=O) groups excluding carboxylic acids is 1. The molecule has 0 aromatic heterocycles. The molecular weight excluding hydrogens is 232 g/mol. The molecule has 0 aliphatic rings. The molecule has 18 heavy (non-hydrogen) atoms. The summed E-state index contributed by atoms with van der Waals surface area (Å²) in [6, 6.07) is 0. The number of hydrogen-bond donors (Lipinski definition) is 2. The van der Waals surface area contributed by atoms with Gasteiger partial charge >= 0.3 is 5.97 Å². The van der Waals surface area contributed by atoms with E-state index in [9.17, 15) is 4.79 Å². The molecule has 0 saturated heterocycles. The zero-order valence-corrected chi connectivity index (χ0v) is 12.1. The lowest BCUT2D eigenvalue weighted by atomic mass is 10.2. The molecule has 0 aromatic rings. The van der Waals surface area contributed by atoms with Crippen LogP contribution in [0.4, 0.5) is 0 Å². The Hall–Kier alpha value is -0.650. The van der Waals surface area contributed by atoms with Crippen LogP contribution in [0.25, 0.3) is 0 Å². The second kappa shape index (κ2) is 9.30. The molecule has 5 nitrogen and oxygen atoms in total. The first kappa shape index (κ1) is 17.4. The van der Waals surface area contributed by atoms with Gasteiger partial charge in [-0.1, -0.05) is 0 Å². The Balaban J connectivity index is 3.52. The average Bonchev–Trinajstić information content (AvgIpc) is 2.25. The number of nitrogens with two attached hydrogens (primary N) is 1. The van der Waals surface area contributed by atoms with Gasteiger partial charge in [-0.3, -0.25) is 0 Å². The molecule has 0 bridgehead atoms. The minimum absolute atomic E-state index is 0.314. The van der Waals surface area contributed by atoms with Crippen LogP contribution in [0, 0.1) is 0 Å². The van der Waals surface area contributed by atoms with E-state index >= 15 is 0 Å². The Morgan fingerprint density at radius 1 is 1.28 bits per heavy atom. The lowest BCUT2D eigenvalue weighted by molar-refractivity contribution is -0.167. The van der Waals surface area contributed by atoms with Crippen molar-refractivity contribution in [2.24, 2.45) is 5.73 Å². The van der Waals surface area contributed by atoms with Gasteiger partial charge in [0.2, 0.25) is 0 Å². The molecule has 5 heteroatoms. The predicted octanol–water partition coefficient (Wildman–Crippen LogP) is 1.06. The van der Waals surface area contributed by atoms with Gasteiger partial charge in [0.25, 0.3) is 0 Å². The molecule has 0 aromatic carbocycles. The SMILES string of the molecule is CC(OCCNCCCCN)C(=O)OC(C)(C)C. The first-order chi connectivity index (χ1) is 8.37. The van der Waals surface area contributed by atoms with Gasteiger partial charge in [0, 0.05) is 6.54 Å². The van der Waals surface area contributed by atoms with Gasteiger partial charge in [0.15, 0.2) is 6.10 Å². The van der Waals surface area contributed by atoms with Crippen LogP contribution in [0.5, 0.6) is 0 Å². The summed E-state index contributed by atoms with van der Waals surface area (Å²) in [6.45, 7) is 10.1. The molecule has 0 rings (SSSR count). The van der Waals surface area contributed by atoms with E-state index in [4.69, 9.17) is 15.2 Å². The fraction of sp³-hybridized carbons (Fsp3) is 0.923. The van der Waals surface area contributed by atoms with E-state index < -0.39 is 11.7 Å². The summed E-state index contributed by atoms with van der Waals surface area (Å²) < 4.78 is 10.6. The first-order valence-electron chi connectivity index (χ1n) is 6.62. The molecule has 0 radical (unpaired) electrons. The molecule has 1 atom stereocenters. The van der Waals surface area contributed by atoms with Crippen LogP contribution < -0.4 is 11.1 Å². The fourth-order valence-corrected chi connectivity index (χ4v) is 1.28. The third-order valence-electron chi connectivity index (χ3n) is 2.19. The number of unbranched alkanes of at least 4 members (excludes halogenated alkanes) is 1. The molecule has 0 spiro atoms. The van der Waals surface area contributed by atoms with Crippen molar-refractivity contribution < 1.29 is 14.3 Å². The largest absolute Gasteiger partial charge is 0.458 e. The van der Waals surface area contributed by atoms with Gasteiger partial charge in [-0.2, -0.15) is 0 Å². The van der Waals surface area contributed by atoms with Crippen LogP contribution in [0.15, 0.2) is 0 Å². The molecule has 0 amide bonds. The number of rotatable bonds is 9. The monoisotopic (exact) mass is 260 g/mol. The topological polar surface area (TPSA) is 73.6 Å². The maximum absolute atomic E-state index is 11.6. The van der Waals surface area contributed by atoms with E-state index in [1.54, 1.807) is 6.92 Å². The summed E-state index contributed by atoms with van der Waals surface area (Å²) in [4.78, 5) is 11.6. The van der Waals surface area contributed by atoms with Crippen LogP contribution in [0.1, 0.15) is 40.5 Å². The van der Waals surface area contributed by atoms with Crippen molar-refractivity contribution in [3.63, 3.8) is 0 Å². The quantitative estimate of drug-likeness (QED) is 0.479. The Bertz CT molecular complexity index is 227. The minimum atomic E-state index is -0.518. The predicted molar refractivity (Wildman–Crippen MR) is 72.4 cm³/mol. The van der Waals surface area contributed by atoms with Gasteiger partial charge in [-0.25, -0.2) is 4.79 Å². The van der Waals surface area contributed by atoms with Gasteiger partial charge < -0.3 is 20.5 Å². The highest BCUT2D eigenvalue weighted by Gasteiger charge is 2.21. The molecular formula is C13H28N2O3. The maximum atomic E-state index is 11.6. The second-order valence-corrected chi connectivity index (χ2v) is 5.29. The third-order valence-corrected chi connectivity index (χ3v) is 2.19. The Morgan fingerprint density at radius 3 is 2.50 bits per heavy atom. The second-order valence-electron chi connectivity index (χ2n) is 5.29. The zero-order valence-electron chi connectivity index (χ0n) is 12.1. The summed E-state index contributed by atoms with van der Waals surface area (Å²) in [5.74, 6) is -0.314. The van der Waals surface area contributed by atoms with Gasteiger partial charge in [-0.15, -0.1) is 0 Å². The van der Waals surface area contributed by atoms with E-state index in [0.29, 0.717) is 6.61 Å². The molecule has 0 fully saturated rings. The molecule has 0 saturated carbocycles. The number of esters is 1. The van der Waals surface area contributed by atoms with Gasteiger partial charge in [-0.05, 0) is 53.6 Å². The van der Waals surface area contributed by atoms with Crippen LogP contribution >= 0.6 is 0 Å². The van der Waals surface area contributed by atoms with Crippen LogP contribution in [0.2, 0.25) is 0 Å². The molecule has 3 N–H and O–H groups in total. The summed E-state index contributed by atoms with van der Waals surface area (Å²) >= 11 is 0. The molecule has 108 valence electrons. The van der Waals surface area contributed by atoms with Crippen molar-refractivity contribution in [3.05, 3.63) is 0 Å². The highest BCUT2D eigenvalue weighted by molar-refractivity contribution is 5.74. The maximum Gasteiger partial charge on any atom is 0.335 e. The lowest BCUT2D eigenvalue weighted by Crippen LogP contribution is -2.33. The zero-order chi connectivity index (χ0) is 14.0. The van der Waals surface area contributed by atoms with Crippen LogP contribution in [-0.2, 0) is 14.3 Å². The summed E-state index contributed by atoms with van der Waals surface area (Å²) in [7, 11) is 0. The number of ether oxygens (including phenoxy) is 2. The number of carbonyl (C=O) groups is 1. The number of hydrogen-bond acceptors (Lipinski definition) is 5. The van der Waals surface area contributed by atoms with Crippen molar-refractivity contribution in [2.75, 3.05) is 26.2 Å². The molecule has 0 aliphatic heterocycles. The van der Waals surface area contributed by atoms with E-state index in [2.05, 4.69) is 5.32 Å². The molecule has 1 unspecified atom stereocenters. The van der Waals surface area contributed by atoms with Crippen molar-refractivity contribution in [2.45, 2.75) is 52.2 Å². The van der Waals surface area contributed by atoms with Gasteiger partial charge in [0.1, 0.15) is 5.60 Å². The summed E-state index contributed by atoms with van der Waals surface area (Å²) in [6.07, 6.45) is 1.58. The van der Waals surface area contributed by atoms with Gasteiger partial charge in [0.05, 0.1) is 6.61 Å². The van der Waals surface area contributed by atoms with E-state index in [-0.39, 0.29) is 5.97 Å². The highest BCUT2D eigenvalue weighted by Crippen LogP contribution is 2.09. The summed E-state index contributed by atoms with van der Waals surface area (Å²) in [5, 5.41) is 3.23. The average molecular weight is 260 g/mol. The van der Waals surface area contributed by atoms with E-state index in [0.717, 1.165) is 32.5 Å². The fourth-order valence-electron chi connectivity index (χ4n) is 1.28. The minimum Gasteiger partial charge on any atom is -0.458 e. The third kappa shape index (κ3) is 10.5. The van der Waals surface area contributed by atoms with Crippen LogP contribution in [-0.4, -0.2) is 43.9 Å². The molecule has 0 heterocycles. The van der Waals surface area contributed by atoms with Crippen molar-refractivity contribution >= 4 is 5.97 Å². The van der Waals surface area contributed by atoms with Crippen LogP contribution in [0.3, 0.4) is 0 Å². The summed E-state index contributed by atoms with van der Waals surface area (Å²) in [5.41, 5.74) is 4.93. The first-order valence-corrected chi connectivity index (χ1v) is 6.62. The Kier molecular flexibility index (Phi) is 8.97. The highest BCUT2D eigenvalue weighted by atomic mass is 16.6.